The molecule has 0 spiro atoms. The van der Waals surface area contributed by atoms with Crippen molar-refractivity contribution in [1.29, 1.82) is 0 Å². The smallest absolute Gasteiger partial charge is 0.247 e. The molecule has 68 heavy (non-hydrogen) atoms. The zero-order valence-electron chi connectivity index (χ0n) is 37.5. The van der Waals surface area contributed by atoms with Gasteiger partial charge in [0, 0.05) is 63.5 Å². The van der Waals surface area contributed by atoms with E-state index in [1.807, 2.05) is 23.5 Å². The molecule has 0 saturated heterocycles. The van der Waals surface area contributed by atoms with Crippen LogP contribution in [0.4, 0.5) is 0 Å². The van der Waals surface area contributed by atoms with Crippen LogP contribution in [0, 0.1) is 0 Å². The van der Waals surface area contributed by atoms with Gasteiger partial charge in [-0.2, -0.15) is 0 Å². The summed E-state index contributed by atoms with van der Waals surface area (Å²) in [6, 6.07) is 79.6. The normalized spacial score (nSPS) is 14.0. The maximum Gasteiger partial charge on any atom is 0.247 e. The van der Waals surface area contributed by atoms with Crippen molar-refractivity contribution >= 4 is 90.2 Å². The predicted octanol–water partition coefficient (Wildman–Crippen LogP) is 15.0. The highest BCUT2D eigenvalue weighted by Crippen LogP contribution is 2.58. The summed E-state index contributed by atoms with van der Waals surface area (Å²) in [5.41, 5.74) is 21.7. The van der Waals surface area contributed by atoms with E-state index < -0.39 is 0 Å². The minimum absolute atomic E-state index is 0.118. The number of hydrogen-bond donors (Lipinski definition) is 0. The van der Waals surface area contributed by atoms with E-state index in [4.69, 9.17) is 0 Å². The van der Waals surface area contributed by atoms with Crippen molar-refractivity contribution in [2.75, 3.05) is 0 Å². The van der Waals surface area contributed by atoms with E-state index in [0.29, 0.717) is 0 Å². The molecule has 1 aliphatic carbocycles. The van der Waals surface area contributed by atoms with Gasteiger partial charge in [0.05, 0.1) is 22.1 Å². The minimum atomic E-state index is -0.258. The summed E-state index contributed by atoms with van der Waals surface area (Å²) in [5, 5.41) is 5.20. The molecule has 5 heteroatoms. The topological polar surface area (TPSA) is 9.86 Å². The molecule has 0 fully saturated rings. The molecule has 0 radical (unpaired) electrons. The van der Waals surface area contributed by atoms with Crippen molar-refractivity contribution in [2.45, 2.75) is 38.8 Å². The molecule has 10 aromatic carbocycles. The molecular formula is C63H41BN2S2. The molecule has 0 N–H and O–H groups in total. The summed E-state index contributed by atoms with van der Waals surface area (Å²) < 4.78 is 5.20. The van der Waals surface area contributed by atoms with Crippen LogP contribution in [0.1, 0.15) is 25.0 Å². The van der Waals surface area contributed by atoms with Gasteiger partial charge >= 0.3 is 0 Å². The zero-order valence-corrected chi connectivity index (χ0v) is 39.1. The molecule has 4 heterocycles. The van der Waals surface area contributed by atoms with Gasteiger partial charge in [-0.05, 0) is 92.9 Å². The first kappa shape index (κ1) is 38.6. The zero-order chi connectivity index (χ0) is 44.8. The summed E-state index contributed by atoms with van der Waals surface area (Å²) >= 11 is 3.89. The number of para-hydroxylation sites is 3. The van der Waals surface area contributed by atoms with Gasteiger partial charge < -0.3 is 9.13 Å². The molecule has 0 atom stereocenters. The molecule has 15 rings (SSSR count). The highest BCUT2D eigenvalue weighted by Gasteiger charge is 2.43. The van der Waals surface area contributed by atoms with Gasteiger partial charge in [-0.3, -0.25) is 0 Å². The Bertz CT molecular complexity index is 4000. The molecule has 0 unspecified atom stereocenters. The number of rotatable bonds is 4. The fourth-order valence-corrected chi connectivity index (χ4v) is 14.9. The molecular weight excluding hydrogens is 860 g/mol. The highest BCUT2D eigenvalue weighted by atomic mass is 32.2. The second-order valence-electron chi connectivity index (χ2n) is 19.1. The third-order valence-corrected chi connectivity index (χ3v) is 17.4. The van der Waals surface area contributed by atoms with Crippen LogP contribution >= 0.6 is 23.5 Å². The molecule has 0 bridgehead atoms. The van der Waals surface area contributed by atoms with Gasteiger partial charge in [0.15, 0.2) is 0 Å². The van der Waals surface area contributed by atoms with E-state index in [1.165, 1.54) is 135 Å². The molecule has 0 saturated carbocycles. The molecule has 2 aromatic heterocycles. The monoisotopic (exact) mass is 900 g/mol. The van der Waals surface area contributed by atoms with E-state index in [0.717, 1.165) is 0 Å². The molecule has 2 nitrogen and oxygen atoms in total. The van der Waals surface area contributed by atoms with Crippen LogP contribution in [0.3, 0.4) is 0 Å². The second-order valence-corrected chi connectivity index (χ2v) is 21.3. The minimum Gasteiger partial charge on any atom is -0.309 e. The van der Waals surface area contributed by atoms with Crippen LogP contribution in [0.15, 0.2) is 232 Å². The molecule has 2 aliphatic heterocycles. The van der Waals surface area contributed by atoms with E-state index in [1.54, 1.807) is 0 Å². The van der Waals surface area contributed by atoms with Crippen molar-refractivity contribution in [3.8, 4) is 44.8 Å². The Kier molecular flexibility index (Phi) is 8.12. The Morgan fingerprint density at radius 3 is 1.51 bits per heavy atom. The van der Waals surface area contributed by atoms with Crippen molar-refractivity contribution in [2.24, 2.45) is 0 Å². The average molecular weight is 901 g/mol. The molecule has 318 valence electrons. The standard InChI is InChI=1S/C63H41BN2S2/c1-63(2)47-27-15-12-24-44(47)56-59(63)57-45-25-13-16-28-50(45)65(42-22-10-5-11-23-42)62(57)58-46-26-14-17-29-51(46)66(61(56)58)43-36-54-60-55(37-43)68-53-35-41(39-20-8-4-9-21-39)31-33-49(53)64(60)48-32-30-40(34-52(48)67-54)38-18-6-3-7-19-38/h3-37H,1-2H3. The van der Waals surface area contributed by atoms with E-state index in [2.05, 4.69) is 235 Å². The first-order valence-corrected chi connectivity index (χ1v) is 25.3. The van der Waals surface area contributed by atoms with Crippen LogP contribution in [0.25, 0.3) is 88.4 Å². The number of hydrogen-bond acceptors (Lipinski definition) is 2. The molecule has 12 aromatic rings. The van der Waals surface area contributed by atoms with Crippen molar-refractivity contribution < 1.29 is 0 Å². The maximum atomic E-state index is 2.65. The van der Waals surface area contributed by atoms with Crippen molar-refractivity contribution in [1.82, 2.24) is 9.13 Å². The Morgan fingerprint density at radius 2 is 0.912 bits per heavy atom. The van der Waals surface area contributed by atoms with Crippen LogP contribution in [0.5, 0.6) is 0 Å². The fourth-order valence-electron chi connectivity index (χ4n) is 12.3. The van der Waals surface area contributed by atoms with Crippen LogP contribution in [-0.2, 0) is 5.41 Å². The highest BCUT2D eigenvalue weighted by molar-refractivity contribution is 8.01. The quantitative estimate of drug-likeness (QED) is 0.163. The second kappa shape index (κ2) is 14.3. The van der Waals surface area contributed by atoms with Crippen molar-refractivity contribution in [3.63, 3.8) is 0 Å². The Balaban J connectivity index is 1.07. The van der Waals surface area contributed by atoms with Crippen LogP contribution < -0.4 is 16.4 Å². The van der Waals surface area contributed by atoms with Gasteiger partial charge in [-0.15, -0.1) is 0 Å². The third-order valence-electron chi connectivity index (χ3n) is 15.2. The third kappa shape index (κ3) is 5.29. The average Bonchev–Trinajstić information content (AvgIpc) is 4.00. The Hall–Kier alpha value is -7.44. The summed E-state index contributed by atoms with van der Waals surface area (Å²) in [4.78, 5) is 5.30. The maximum absolute atomic E-state index is 2.65. The first-order chi connectivity index (χ1) is 33.5. The van der Waals surface area contributed by atoms with E-state index in [9.17, 15) is 0 Å². The lowest BCUT2D eigenvalue weighted by molar-refractivity contribution is 0.667. The summed E-state index contributed by atoms with van der Waals surface area (Å²) in [6.45, 7) is 5.01. The lowest BCUT2D eigenvalue weighted by Gasteiger charge is -2.34. The SMILES string of the molecule is CC1(C)c2ccccc2-c2c1c1c3ccccc3n(-c3ccccc3)c1c1c3ccccc3n(-c3cc4c5c(c3)Sc3cc(-c6ccccc6)ccc3B5c3ccc(-c5ccccc5)cc3S4)c21. The first-order valence-electron chi connectivity index (χ1n) is 23.6. The number of benzene rings is 10. The van der Waals surface area contributed by atoms with Crippen LogP contribution in [-0.4, -0.2) is 15.8 Å². The van der Waals surface area contributed by atoms with Crippen LogP contribution in [0.2, 0.25) is 0 Å². The summed E-state index contributed by atoms with van der Waals surface area (Å²) in [7, 11) is 0. The predicted molar refractivity (Wildman–Crippen MR) is 289 cm³/mol. The largest absolute Gasteiger partial charge is 0.309 e. The van der Waals surface area contributed by atoms with Gasteiger partial charge in [-0.1, -0.05) is 212 Å². The van der Waals surface area contributed by atoms with E-state index in [-0.39, 0.29) is 12.1 Å². The molecule has 3 aliphatic rings. The van der Waals surface area contributed by atoms with Crippen molar-refractivity contribution in [3.05, 3.63) is 223 Å². The van der Waals surface area contributed by atoms with Gasteiger partial charge in [0.25, 0.3) is 0 Å². The number of nitrogens with zero attached hydrogens (tertiary/aromatic N) is 2. The van der Waals surface area contributed by atoms with Gasteiger partial charge in [0.2, 0.25) is 6.71 Å². The fraction of sp³-hybridized carbons (Fsp3) is 0.0476. The summed E-state index contributed by atoms with van der Waals surface area (Å²) in [6.07, 6.45) is 0. The lowest BCUT2D eigenvalue weighted by Crippen LogP contribution is -2.58. The Labute approximate surface area is 404 Å². The number of fused-ring (bicyclic) bond motifs is 16. The van der Waals surface area contributed by atoms with Gasteiger partial charge in [0.1, 0.15) is 0 Å². The van der Waals surface area contributed by atoms with E-state index >= 15 is 0 Å². The lowest BCUT2D eigenvalue weighted by atomic mass is 9.36. The number of aromatic nitrogens is 2. The Morgan fingerprint density at radius 1 is 0.412 bits per heavy atom. The summed E-state index contributed by atoms with van der Waals surface area (Å²) in [5.74, 6) is 0. The van der Waals surface area contributed by atoms with Gasteiger partial charge in [-0.25, -0.2) is 0 Å². The molecule has 0 amide bonds.